The van der Waals surface area contributed by atoms with Crippen molar-refractivity contribution in [3.8, 4) is 0 Å². The number of carbonyl (C=O) groups is 1. The molecule has 2 rings (SSSR count). The number of hydrogen-bond acceptors (Lipinski definition) is 2. The third kappa shape index (κ3) is 2.94. The van der Waals surface area contributed by atoms with E-state index in [2.05, 4.69) is 31.2 Å². The van der Waals surface area contributed by atoms with Gasteiger partial charge in [0.25, 0.3) is 5.91 Å². The summed E-state index contributed by atoms with van der Waals surface area (Å²) in [6.07, 6.45) is 3.38. The van der Waals surface area contributed by atoms with Crippen molar-refractivity contribution in [3.63, 3.8) is 0 Å². The maximum absolute atomic E-state index is 11.9. The molecule has 0 spiro atoms. The van der Waals surface area contributed by atoms with Crippen LogP contribution in [0.5, 0.6) is 0 Å². The van der Waals surface area contributed by atoms with Crippen LogP contribution < -0.4 is 5.32 Å². The summed E-state index contributed by atoms with van der Waals surface area (Å²) < 4.78 is 0.792. The summed E-state index contributed by atoms with van der Waals surface area (Å²) >= 11 is 3.37. The standard InChI is InChI=1S/C12H12BrN3O/c1-8-2-3-10(13)9(6-8)12(17)16-7-11-14-4-5-15-11/h2-6H,7H2,1H3,(H,14,15)(H,16,17). The quantitative estimate of drug-likeness (QED) is 0.913. The normalized spacial score (nSPS) is 10.2. The monoisotopic (exact) mass is 293 g/mol. The van der Waals surface area contributed by atoms with Crippen molar-refractivity contribution in [1.29, 1.82) is 0 Å². The van der Waals surface area contributed by atoms with Crippen LogP contribution in [0, 0.1) is 6.92 Å². The largest absolute Gasteiger partial charge is 0.347 e. The SMILES string of the molecule is Cc1ccc(Br)c(C(=O)NCc2ncc[nH]2)c1. The Labute approximate surface area is 108 Å². The van der Waals surface area contributed by atoms with Crippen molar-refractivity contribution in [2.24, 2.45) is 0 Å². The number of nitrogens with one attached hydrogen (secondary N) is 2. The molecule has 5 heteroatoms. The molecule has 0 atom stereocenters. The lowest BCUT2D eigenvalue weighted by Gasteiger charge is -2.06. The van der Waals surface area contributed by atoms with Crippen molar-refractivity contribution in [2.75, 3.05) is 0 Å². The van der Waals surface area contributed by atoms with Gasteiger partial charge in [-0.1, -0.05) is 11.6 Å². The molecule has 1 aromatic heterocycles. The Hall–Kier alpha value is -1.62. The van der Waals surface area contributed by atoms with Gasteiger partial charge in [-0.15, -0.1) is 0 Å². The van der Waals surface area contributed by atoms with E-state index in [1.807, 2.05) is 25.1 Å². The molecule has 1 heterocycles. The average Bonchev–Trinajstić information content (AvgIpc) is 2.82. The van der Waals surface area contributed by atoms with Crippen LogP contribution in [-0.4, -0.2) is 15.9 Å². The van der Waals surface area contributed by atoms with Crippen LogP contribution in [0.2, 0.25) is 0 Å². The minimum Gasteiger partial charge on any atom is -0.347 e. The Bertz CT molecular complexity index is 523. The molecular weight excluding hydrogens is 282 g/mol. The number of aromatic amines is 1. The van der Waals surface area contributed by atoms with Gasteiger partial charge in [0.05, 0.1) is 12.1 Å². The number of carbonyl (C=O) groups excluding carboxylic acids is 1. The lowest BCUT2D eigenvalue weighted by atomic mass is 10.1. The summed E-state index contributed by atoms with van der Waals surface area (Å²) in [5.41, 5.74) is 1.69. The van der Waals surface area contributed by atoms with Crippen LogP contribution in [-0.2, 0) is 6.54 Å². The summed E-state index contributed by atoms with van der Waals surface area (Å²) in [4.78, 5) is 18.9. The van der Waals surface area contributed by atoms with Gasteiger partial charge in [-0.2, -0.15) is 0 Å². The first kappa shape index (κ1) is 11.9. The van der Waals surface area contributed by atoms with Gasteiger partial charge in [-0.05, 0) is 35.0 Å². The summed E-state index contributed by atoms with van der Waals surface area (Å²) in [6.45, 7) is 2.35. The lowest BCUT2D eigenvalue weighted by molar-refractivity contribution is 0.0949. The number of aromatic nitrogens is 2. The zero-order chi connectivity index (χ0) is 12.3. The highest BCUT2D eigenvalue weighted by molar-refractivity contribution is 9.10. The Morgan fingerprint density at radius 2 is 2.35 bits per heavy atom. The van der Waals surface area contributed by atoms with Crippen molar-refractivity contribution in [3.05, 3.63) is 52.0 Å². The molecule has 17 heavy (non-hydrogen) atoms. The Morgan fingerprint density at radius 3 is 3.06 bits per heavy atom. The molecule has 0 fully saturated rings. The summed E-state index contributed by atoms with van der Waals surface area (Å²) in [6, 6.07) is 5.67. The number of amides is 1. The van der Waals surface area contributed by atoms with Gasteiger partial charge in [-0.25, -0.2) is 4.98 Å². The fourth-order valence-electron chi connectivity index (χ4n) is 1.47. The summed E-state index contributed by atoms with van der Waals surface area (Å²) in [7, 11) is 0. The van der Waals surface area contributed by atoms with E-state index < -0.39 is 0 Å². The molecule has 2 N–H and O–H groups in total. The van der Waals surface area contributed by atoms with Crippen molar-refractivity contribution >= 4 is 21.8 Å². The number of imidazole rings is 1. The summed E-state index contributed by atoms with van der Waals surface area (Å²) in [5, 5.41) is 2.81. The second-order valence-corrected chi connectivity index (χ2v) is 4.56. The minimum absolute atomic E-state index is 0.114. The fraction of sp³-hybridized carbons (Fsp3) is 0.167. The van der Waals surface area contributed by atoms with E-state index in [-0.39, 0.29) is 5.91 Å². The minimum atomic E-state index is -0.114. The molecule has 88 valence electrons. The van der Waals surface area contributed by atoms with E-state index in [9.17, 15) is 4.79 Å². The van der Waals surface area contributed by atoms with E-state index in [1.54, 1.807) is 12.4 Å². The number of halogens is 1. The smallest absolute Gasteiger partial charge is 0.252 e. The molecular formula is C12H12BrN3O. The highest BCUT2D eigenvalue weighted by Crippen LogP contribution is 2.17. The second-order valence-electron chi connectivity index (χ2n) is 3.70. The predicted molar refractivity (Wildman–Crippen MR) is 68.6 cm³/mol. The third-order valence-electron chi connectivity index (χ3n) is 2.34. The zero-order valence-electron chi connectivity index (χ0n) is 9.33. The number of hydrogen-bond donors (Lipinski definition) is 2. The van der Waals surface area contributed by atoms with Gasteiger partial charge >= 0.3 is 0 Å². The fourth-order valence-corrected chi connectivity index (χ4v) is 1.89. The number of rotatable bonds is 3. The van der Waals surface area contributed by atoms with Gasteiger partial charge in [0, 0.05) is 16.9 Å². The number of aryl methyl sites for hydroxylation is 1. The molecule has 0 saturated heterocycles. The maximum Gasteiger partial charge on any atom is 0.252 e. The third-order valence-corrected chi connectivity index (χ3v) is 3.03. The molecule has 2 aromatic rings. The van der Waals surface area contributed by atoms with Gasteiger partial charge in [0.15, 0.2) is 0 Å². The molecule has 0 unspecified atom stereocenters. The van der Waals surface area contributed by atoms with Gasteiger partial charge in [0.2, 0.25) is 0 Å². The van der Waals surface area contributed by atoms with Gasteiger partial charge < -0.3 is 10.3 Å². The molecule has 1 aromatic carbocycles. The highest BCUT2D eigenvalue weighted by atomic mass is 79.9. The topological polar surface area (TPSA) is 57.8 Å². The van der Waals surface area contributed by atoms with Crippen molar-refractivity contribution < 1.29 is 4.79 Å². The first-order chi connectivity index (χ1) is 8.16. The number of nitrogens with zero attached hydrogens (tertiary/aromatic N) is 1. The van der Waals surface area contributed by atoms with E-state index >= 15 is 0 Å². The highest BCUT2D eigenvalue weighted by Gasteiger charge is 2.10. The lowest BCUT2D eigenvalue weighted by Crippen LogP contribution is -2.23. The Morgan fingerprint density at radius 1 is 1.53 bits per heavy atom. The van der Waals surface area contributed by atoms with Crippen LogP contribution >= 0.6 is 15.9 Å². The Kier molecular flexibility index (Phi) is 3.58. The van der Waals surface area contributed by atoms with E-state index in [1.165, 1.54) is 0 Å². The second kappa shape index (κ2) is 5.14. The predicted octanol–water partition coefficient (Wildman–Crippen LogP) is 2.41. The number of H-pyrrole nitrogens is 1. The van der Waals surface area contributed by atoms with Crippen LogP contribution in [0.4, 0.5) is 0 Å². The first-order valence-corrected chi connectivity index (χ1v) is 5.99. The molecule has 1 amide bonds. The maximum atomic E-state index is 11.9. The van der Waals surface area contributed by atoms with E-state index in [4.69, 9.17) is 0 Å². The van der Waals surface area contributed by atoms with Crippen LogP contribution in [0.25, 0.3) is 0 Å². The molecule has 0 aliphatic rings. The van der Waals surface area contributed by atoms with Gasteiger partial charge in [0.1, 0.15) is 5.82 Å². The van der Waals surface area contributed by atoms with Crippen LogP contribution in [0.1, 0.15) is 21.7 Å². The van der Waals surface area contributed by atoms with Gasteiger partial charge in [-0.3, -0.25) is 4.79 Å². The first-order valence-electron chi connectivity index (χ1n) is 5.19. The average molecular weight is 294 g/mol. The molecule has 0 aliphatic carbocycles. The van der Waals surface area contributed by atoms with Crippen molar-refractivity contribution in [2.45, 2.75) is 13.5 Å². The molecule has 4 nitrogen and oxygen atoms in total. The van der Waals surface area contributed by atoms with E-state index in [0.29, 0.717) is 12.1 Å². The van der Waals surface area contributed by atoms with E-state index in [0.717, 1.165) is 15.9 Å². The van der Waals surface area contributed by atoms with Crippen LogP contribution in [0.3, 0.4) is 0 Å². The molecule has 0 bridgehead atoms. The zero-order valence-corrected chi connectivity index (χ0v) is 10.9. The molecule has 0 aliphatic heterocycles. The Balaban J connectivity index is 2.07. The van der Waals surface area contributed by atoms with Crippen LogP contribution in [0.15, 0.2) is 35.1 Å². The number of benzene rings is 1. The summed E-state index contributed by atoms with van der Waals surface area (Å²) in [5.74, 6) is 0.624. The molecule has 0 radical (unpaired) electrons. The van der Waals surface area contributed by atoms with Crippen molar-refractivity contribution in [1.82, 2.24) is 15.3 Å². The molecule has 0 saturated carbocycles.